The maximum atomic E-state index is 12.7. The summed E-state index contributed by atoms with van der Waals surface area (Å²) >= 11 is 0. The first-order chi connectivity index (χ1) is 12.7. The van der Waals surface area contributed by atoms with Gasteiger partial charge in [0.05, 0.1) is 11.7 Å². The topological polar surface area (TPSA) is 66.5 Å². The van der Waals surface area contributed by atoms with Gasteiger partial charge in [0.2, 0.25) is 15.9 Å². The minimum absolute atomic E-state index is 0.0319. The fourth-order valence-electron chi connectivity index (χ4n) is 3.61. The van der Waals surface area contributed by atoms with Crippen LogP contribution in [0.3, 0.4) is 0 Å². The van der Waals surface area contributed by atoms with E-state index >= 15 is 0 Å². The third-order valence-electron chi connectivity index (χ3n) is 5.28. The van der Waals surface area contributed by atoms with Gasteiger partial charge in [-0.05, 0) is 35.8 Å². The van der Waals surface area contributed by atoms with Crippen LogP contribution < -0.4 is 5.32 Å². The van der Waals surface area contributed by atoms with Crippen molar-refractivity contribution in [2.45, 2.75) is 58.8 Å². The fraction of sp³-hybridized carbons (Fsp3) is 0.667. The Kier molecular flexibility index (Phi) is 7.86. The summed E-state index contributed by atoms with van der Waals surface area (Å²) in [5, 5.41) is 2.85. The van der Waals surface area contributed by atoms with E-state index in [-0.39, 0.29) is 30.0 Å². The number of benzene rings is 1. The van der Waals surface area contributed by atoms with E-state index in [9.17, 15) is 13.2 Å². The molecule has 0 aromatic heterocycles. The van der Waals surface area contributed by atoms with Crippen molar-refractivity contribution in [1.29, 1.82) is 0 Å². The highest BCUT2D eigenvalue weighted by Crippen LogP contribution is 2.26. The molecule has 6 heteroatoms. The van der Waals surface area contributed by atoms with Gasteiger partial charge in [-0.1, -0.05) is 58.4 Å². The van der Waals surface area contributed by atoms with Crippen LogP contribution in [0.15, 0.2) is 24.3 Å². The molecule has 1 N–H and O–H groups in total. The van der Waals surface area contributed by atoms with Gasteiger partial charge in [-0.2, -0.15) is 0 Å². The molecule has 0 spiro atoms. The maximum absolute atomic E-state index is 12.7. The fourth-order valence-corrected chi connectivity index (χ4v) is 5.05. The summed E-state index contributed by atoms with van der Waals surface area (Å²) in [6.07, 6.45) is 2.94. The molecule has 1 amide bonds. The first-order valence-corrected chi connectivity index (χ1v) is 11.7. The lowest BCUT2D eigenvalue weighted by molar-refractivity contribution is -0.123. The number of nitrogens with zero attached hydrogens (tertiary/aromatic N) is 1. The highest BCUT2D eigenvalue weighted by molar-refractivity contribution is 7.89. The van der Waals surface area contributed by atoms with Gasteiger partial charge in [-0.15, -0.1) is 0 Å². The summed E-state index contributed by atoms with van der Waals surface area (Å²) in [5.74, 6) is 0.176. The molecule has 5 nitrogen and oxygen atoms in total. The Bertz CT molecular complexity index is 705. The number of piperidine rings is 1. The Labute approximate surface area is 164 Å². The third-order valence-corrected chi connectivity index (χ3v) is 7.15. The smallest absolute Gasteiger partial charge is 0.227 e. The van der Waals surface area contributed by atoms with Gasteiger partial charge in [-0.25, -0.2) is 12.7 Å². The van der Waals surface area contributed by atoms with Crippen LogP contribution in [0.2, 0.25) is 0 Å². The first-order valence-electron chi connectivity index (χ1n) is 10.1. The van der Waals surface area contributed by atoms with Crippen LogP contribution >= 0.6 is 0 Å². The molecule has 0 bridgehead atoms. The second-order valence-corrected chi connectivity index (χ2v) is 10.2. The molecule has 0 aliphatic carbocycles. The number of hydrogen-bond donors (Lipinski definition) is 1. The lowest BCUT2D eigenvalue weighted by Crippen LogP contribution is -2.41. The van der Waals surface area contributed by atoms with Crippen molar-refractivity contribution in [2.75, 3.05) is 25.4 Å². The van der Waals surface area contributed by atoms with Gasteiger partial charge in [0, 0.05) is 19.6 Å². The number of rotatable bonds is 8. The average Bonchev–Trinajstić information content (AvgIpc) is 2.62. The number of carbonyl (C=O) groups is 1. The van der Waals surface area contributed by atoms with Crippen molar-refractivity contribution < 1.29 is 13.2 Å². The normalized spacial score (nSPS) is 17.3. The number of hydrogen-bond acceptors (Lipinski definition) is 3. The lowest BCUT2D eigenvalue weighted by Gasteiger charge is -2.26. The first kappa shape index (κ1) is 21.9. The van der Waals surface area contributed by atoms with Gasteiger partial charge in [-0.3, -0.25) is 4.79 Å². The van der Waals surface area contributed by atoms with E-state index in [0.29, 0.717) is 19.0 Å². The molecule has 1 unspecified atom stereocenters. The van der Waals surface area contributed by atoms with Crippen LogP contribution in [0, 0.1) is 5.92 Å². The maximum Gasteiger partial charge on any atom is 0.227 e. The SMILES string of the molecule is CC(C)c1ccc(C(C(=O)NCCS(=O)(=O)N2CCCCC2)C(C)C)cc1. The highest BCUT2D eigenvalue weighted by Gasteiger charge is 2.26. The van der Waals surface area contributed by atoms with Gasteiger partial charge in [0.1, 0.15) is 0 Å². The molecule has 27 heavy (non-hydrogen) atoms. The summed E-state index contributed by atoms with van der Waals surface area (Å²) in [4.78, 5) is 12.7. The van der Waals surface area contributed by atoms with Crippen LogP contribution in [0.1, 0.15) is 69.9 Å². The third kappa shape index (κ3) is 6.04. The number of carbonyl (C=O) groups excluding carboxylic acids is 1. The van der Waals surface area contributed by atoms with E-state index < -0.39 is 10.0 Å². The van der Waals surface area contributed by atoms with E-state index in [2.05, 4.69) is 31.3 Å². The summed E-state index contributed by atoms with van der Waals surface area (Å²) in [5.41, 5.74) is 2.22. The molecule has 0 radical (unpaired) electrons. The Hall–Kier alpha value is -1.40. The molecular formula is C21H34N2O3S. The monoisotopic (exact) mass is 394 g/mol. The highest BCUT2D eigenvalue weighted by atomic mass is 32.2. The van der Waals surface area contributed by atoms with Crippen LogP contribution in [0.4, 0.5) is 0 Å². The van der Waals surface area contributed by atoms with Crippen LogP contribution in [-0.4, -0.2) is 44.0 Å². The Morgan fingerprint density at radius 1 is 1.00 bits per heavy atom. The van der Waals surface area contributed by atoms with Crippen molar-refractivity contribution in [3.05, 3.63) is 35.4 Å². The largest absolute Gasteiger partial charge is 0.354 e. The molecule has 1 aliphatic heterocycles. The molecule has 152 valence electrons. The van der Waals surface area contributed by atoms with Crippen molar-refractivity contribution in [1.82, 2.24) is 9.62 Å². The molecule has 1 atom stereocenters. The molecule has 1 saturated heterocycles. The van der Waals surface area contributed by atoms with E-state index in [1.165, 1.54) is 5.56 Å². The molecular weight excluding hydrogens is 360 g/mol. The summed E-state index contributed by atoms with van der Waals surface area (Å²) in [6.45, 7) is 9.69. The second kappa shape index (κ2) is 9.69. The van der Waals surface area contributed by atoms with Gasteiger partial charge >= 0.3 is 0 Å². The van der Waals surface area contributed by atoms with E-state index in [4.69, 9.17) is 0 Å². The van der Waals surface area contributed by atoms with Crippen LogP contribution in [-0.2, 0) is 14.8 Å². The number of sulfonamides is 1. The molecule has 1 fully saturated rings. The van der Waals surface area contributed by atoms with Gasteiger partial charge < -0.3 is 5.32 Å². The Morgan fingerprint density at radius 2 is 1.56 bits per heavy atom. The lowest BCUT2D eigenvalue weighted by atomic mass is 9.86. The second-order valence-electron chi connectivity index (χ2n) is 8.11. The minimum Gasteiger partial charge on any atom is -0.354 e. The minimum atomic E-state index is -3.29. The van der Waals surface area contributed by atoms with Crippen molar-refractivity contribution >= 4 is 15.9 Å². The predicted molar refractivity (Wildman–Crippen MR) is 110 cm³/mol. The predicted octanol–water partition coefficient (Wildman–Crippen LogP) is 3.48. The van der Waals surface area contributed by atoms with Crippen molar-refractivity contribution in [2.24, 2.45) is 5.92 Å². The zero-order valence-electron chi connectivity index (χ0n) is 17.1. The van der Waals surface area contributed by atoms with Crippen LogP contribution in [0.5, 0.6) is 0 Å². The Balaban J connectivity index is 1.96. The summed E-state index contributed by atoms with van der Waals surface area (Å²) in [6, 6.07) is 8.18. The van der Waals surface area contributed by atoms with Crippen molar-refractivity contribution in [3.63, 3.8) is 0 Å². The molecule has 1 aromatic rings. The van der Waals surface area contributed by atoms with E-state index in [1.807, 2.05) is 26.0 Å². The van der Waals surface area contributed by atoms with E-state index in [1.54, 1.807) is 4.31 Å². The number of amides is 1. The zero-order valence-corrected chi connectivity index (χ0v) is 17.9. The molecule has 1 aliphatic rings. The zero-order chi connectivity index (χ0) is 20.0. The molecule has 1 aromatic carbocycles. The number of nitrogens with one attached hydrogen (secondary N) is 1. The molecule has 0 saturated carbocycles. The van der Waals surface area contributed by atoms with Gasteiger partial charge in [0.15, 0.2) is 0 Å². The summed E-state index contributed by atoms with van der Waals surface area (Å²) in [7, 11) is -3.29. The van der Waals surface area contributed by atoms with Crippen LogP contribution in [0.25, 0.3) is 0 Å². The molecule has 2 rings (SSSR count). The standard InChI is InChI=1S/C21H34N2O3S/c1-16(2)18-8-10-19(11-9-18)20(17(3)4)21(24)22-12-15-27(25,26)23-13-6-5-7-14-23/h8-11,16-17,20H,5-7,12-15H2,1-4H3,(H,22,24). The Morgan fingerprint density at radius 3 is 2.07 bits per heavy atom. The molecule has 1 heterocycles. The van der Waals surface area contributed by atoms with E-state index in [0.717, 1.165) is 24.8 Å². The quantitative estimate of drug-likeness (QED) is 0.734. The average molecular weight is 395 g/mol. The van der Waals surface area contributed by atoms with Gasteiger partial charge in [0.25, 0.3) is 0 Å². The summed E-state index contributed by atoms with van der Waals surface area (Å²) < 4.78 is 26.4. The van der Waals surface area contributed by atoms with Crippen molar-refractivity contribution in [3.8, 4) is 0 Å².